The zero-order valence-corrected chi connectivity index (χ0v) is 16.5. The van der Waals surface area contributed by atoms with Crippen LogP contribution < -0.4 is 5.73 Å². The number of hydrogen-bond donors (Lipinski definition) is 5. The number of rotatable bonds is 13. The van der Waals surface area contributed by atoms with E-state index in [0.717, 1.165) is 0 Å². The van der Waals surface area contributed by atoms with Crippen molar-refractivity contribution >= 4 is 28.9 Å². The Bertz CT molecular complexity index is 647. The molecule has 28 heavy (non-hydrogen) atoms. The molecule has 0 amide bonds. The molecule has 0 spiro atoms. The van der Waals surface area contributed by atoms with Crippen LogP contribution in [0.5, 0.6) is 0 Å². The van der Waals surface area contributed by atoms with Crippen LogP contribution in [0, 0.1) is 0 Å². The number of Topliss-reactive ketones (excluding diaryl/α,β-unsaturated/α-hetero) is 5. The first-order valence-electron chi connectivity index (χ1n) is 9.05. The fourth-order valence-electron chi connectivity index (χ4n) is 2.92. The maximum absolute atomic E-state index is 12.5. The van der Waals surface area contributed by atoms with Crippen molar-refractivity contribution in [3.8, 4) is 0 Å². The molecule has 0 aromatic rings. The second-order valence-corrected chi connectivity index (χ2v) is 6.41. The summed E-state index contributed by atoms with van der Waals surface area (Å²) >= 11 is 0. The minimum atomic E-state index is -3.51. The summed E-state index contributed by atoms with van der Waals surface area (Å²) in [6.07, 6.45) is -6.75. The number of ketones is 5. The monoisotopic (exact) mass is 403 g/mol. The van der Waals surface area contributed by atoms with E-state index >= 15 is 0 Å². The standard InChI is InChI=1S/C18H29NO9/c1-5-9(20)13(24)15(19)17(27,11(22)7-3)18(28,12(23)8-4)16(26)14(25)10(21)6-2/h14-16,25-28H,5-8,19H2,1-4H3/t14?,15-,16-,17-,18-/m1/s1. The molecule has 10 nitrogen and oxygen atoms in total. The van der Waals surface area contributed by atoms with Gasteiger partial charge in [-0.05, 0) is 0 Å². The van der Waals surface area contributed by atoms with Crippen molar-refractivity contribution in [1.82, 2.24) is 0 Å². The summed E-state index contributed by atoms with van der Waals surface area (Å²) in [6.45, 7) is 5.09. The first-order valence-corrected chi connectivity index (χ1v) is 9.05. The highest BCUT2D eigenvalue weighted by Crippen LogP contribution is 2.35. The Kier molecular flexibility index (Phi) is 9.41. The minimum Gasteiger partial charge on any atom is -0.386 e. The van der Waals surface area contributed by atoms with E-state index in [0.29, 0.717) is 0 Å². The van der Waals surface area contributed by atoms with Gasteiger partial charge in [0.25, 0.3) is 0 Å². The van der Waals surface area contributed by atoms with Gasteiger partial charge in [0.1, 0.15) is 18.2 Å². The summed E-state index contributed by atoms with van der Waals surface area (Å²) in [5, 5.41) is 42.6. The average Bonchev–Trinajstić information content (AvgIpc) is 2.72. The van der Waals surface area contributed by atoms with E-state index in [9.17, 15) is 44.4 Å². The molecule has 0 saturated heterocycles. The van der Waals surface area contributed by atoms with E-state index in [2.05, 4.69) is 0 Å². The van der Waals surface area contributed by atoms with E-state index in [1.54, 1.807) is 0 Å². The summed E-state index contributed by atoms with van der Waals surface area (Å²) in [5.74, 6) is -6.19. The Hall–Kier alpha value is -1.85. The Balaban J connectivity index is 6.80. The number of aliphatic hydroxyl groups excluding tert-OH is 2. The predicted octanol–water partition coefficient (Wildman–Crippen LogP) is -2.02. The topological polar surface area (TPSA) is 192 Å². The fourth-order valence-corrected chi connectivity index (χ4v) is 2.92. The summed E-state index contributed by atoms with van der Waals surface area (Å²) in [4.78, 5) is 60.9. The molecule has 10 heteroatoms. The van der Waals surface area contributed by atoms with Crippen LogP contribution in [-0.4, -0.2) is 78.8 Å². The Morgan fingerprint density at radius 3 is 1.57 bits per heavy atom. The SMILES string of the molecule is CCC(=O)C(=O)[C@@H](N)[C@](O)(C(=O)CC)[C@@](O)(C(=O)CC)[C@H](O)C(O)C(=O)CC. The van der Waals surface area contributed by atoms with Crippen molar-refractivity contribution < 1.29 is 44.4 Å². The van der Waals surface area contributed by atoms with Crippen LogP contribution in [0.1, 0.15) is 53.4 Å². The number of hydrogen-bond acceptors (Lipinski definition) is 10. The lowest BCUT2D eigenvalue weighted by atomic mass is 9.65. The second kappa shape index (κ2) is 10.1. The van der Waals surface area contributed by atoms with Crippen LogP contribution in [0.2, 0.25) is 0 Å². The molecule has 0 radical (unpaired) electrons. The van der Waals surface area contributed by atoms with Crippen LogP contribution in [0.25, 0.3) is 0 Å². The number of aliphatic hydroxyl groups is 4. The second-order valence-electron chi connectivity index (χ2n) is 6.41. The molecular formula is C18H29NO9. The molecule has 0 rings (SSSR count). The Morgan fingerprint density at radius 1 is 0.786 bits per heavy atom. The third-order valence-corrected chi connectivity index (χ3v) is 4.81. The van der Waals surface area contributed by atoms with Gasteiger partial charge >= 0.3 is 0 Å². The van der Waals surface area contributed by atoms with Crippen molar-refractivity contribution in [2.75, 3.05) is 0 Å². The summed E-state index contributed by atoms with van der Waals surface area (Å²) in [6, 6.07) is -2.41. The van der Waals surface area contributed by atoms with Gasteiger partial charge in [-0.2, -0.15) is 0 Å². The van der Waals surface area contributed by atoms with Gasteiger partial charge in [-0.1, -0.05) is 27.7 Å². The van der Waals surface area contributed by atoms with E-state index in [1.165, 1.54) is 27.7 Å². The highest BCUT2D eigenvalue weighted by molar-refractivity contribution is 6.40. The van der Waals surface area contributed by atoms with Gasteiger partial charge in [0.2, 0.25) is 5.78 Å². The van der Waals surface area contributed by atoms with Gasteiger partial charge in [-0.25, -0.2) is 0 Å². The number of carbonyl (C=O) groups is 5. The molecule has 0 aromatic carbocycles. The lowest BCUT2D eigenvalue weighted by Crippen LogP contribution is -2.78. The van der Waals surface area contributed by atoms with E-state index < -0.39 is 71.2 Å². The van der Waals surface area contributed by atoms with Crippen molar-refractivity contribution in [3.63, 3.8) is 0 Å². The molecule has 0 saturated carbocycles. The first-order chi connectivity index (χ1) is 12.8. The van der Waals surface area contributed by atoms with Crippen LogP contribution in [0.4, 0.5) is 0 Å². The van der Waals surface area contributed by atoms with E-state index in [-0.39, 0.29) is 12.8 Å². The van der Waals surface area contributed by atoms with Crippen LogP contribution >= 0.6 is 0 Å². The largest absolute Gasteiger partial charge is 0.386 e. The molecule has 160 valence electrons. The molecule has 0 aliphatic rings. The molecule has 5 atom stereocenters. The number of nitrogens with two attached hydrogens (primary N) is 1. The summed E-state index contributed by atoms with van der Waals surface area (Å²) < 4.78 is 0. The molecule has 0 aliphatic carbocycles. The van der Waals surface area contributed by atoms with E-state index in [4.69, 9.17) is 5.73 Å². The average molecular weight is 403 g/mol. The fraction of sp³-hybridized carbons (Fsp3) is 0.722. The van der Waals surface area contributed by atoms with E-state index in [1.807, 2.05) is 0 Å². The molecule has 0 heterocycles. The predicted molar refractivity (Wildman–Crippen MR) is 96.1 cm³/mol. The lowest BCUT2D eigenvalue weighted by Gasteiger charge is -2.46. The smallest absolute Gasteiger partial charge is 0.218 e. The van der Waals surface area contributed by atoms with Gasteiger partial charge < -0.3 is 26.2 Å². The molecular weight excluding hydrogens is 374 g/mol. The van der Waals surface area contributed by atoms with Crippen molar-refractivity contribution in [2.24, 2.45) is 5.73 Å². The highest BCUT2D eigenvalue weighted by Gasteiger charge is 2.67. The Labute approximate surface area is 162 Å². The molecule has 0 aromatic heterocycles. The zero-order chi connectivity index (χ0) is 22.4. The normalized spacial score (nSPS) is 18.9. The van der Waals surface area contributed by atoms with Gasteiger partial charge in [0.15, 0.2) is 34.3 Å². The molecule has 6 N–H and O–H groups in total. The minimum absolute atomic E-state index is 0.298. The Morgan fingerprint density at radius 2 is 1.21 bits per heavy atom. The summed E-state index contributed by atoms with van der Waals surface area (Å²) in [7, 11) is 0. The maximum Gasteiger partial charge on any atom is 0.218 e. The van der Waals surface area contributed by atoms with Crippen LogP contribution in [-0.2, 0) is 24.0 Å². The van der Waals surface area contributed by atoms with Gasteiger partial charge in [0.05, 0.1) is 0 Å². The first kappa shape index (κ1) is 26.1. The summed E-state index contributed by atoms with van der Waals surface area (Å²) in [5.41, 5.74) is -1.32. The highest BCUT2D eigenvalue weighted by atomic mass is 16.4. The molecule has 0 bridgehead atoms. The maximum atomic E-state index is 12.5. The third-order valence-electron chi connectivity index (χ3n) is 4.81. The zero-order valence-electron chi connectivity index (χ0n) is 16.5. The van der Waals surface area contributed by atoms with Gasteiger partial charge in [-0.15, -0.1) is 0 Å². The molecule has 0 fully saturated rings. The van der Waals surface area contributed by atoms with Crippen LogP contribution in [0.15, 0.2) is 0 Å². The van der Waals surface area contributed by atoms with Gasteiger partial charge in [-0.3, -0.25) is 24.0 Å². The third kappa shape index (κ3) is 4.26. The van der Waals surface area contributed by atoms with Crippen molar-refractivity contribution in [1.29, 1.82) is 0 Å². The van der Waals surface area contributed by atoms with Crippen LogP contribution in [0.3, 0.4) is 0 Å². The lowest BCUT2D eigenvalue weighted by molar-refractivity contribution is -0.221. The van der Waals surface area contributed by atoms with Crippen molar-refractivity contribution in [3.05, 3.63) is 0 Å². The molecule has 0 aliphatic heterocycles. The quantitative estimate of drug-likeness (QED) is 0.214. The van der Waals surface area contributed by atoms with Crippen molar-refractivity contribution in [2.45, 2.75) is 82.8 Å². The molecule has 1 unspecified atom stereocenters. The number of carbonyl (C=O) groups excluding carboxylic acids is 5. The van der Waals surface area contributed by atoms with Gasteiger partial charge in [0, 0.05) is 25.7 Å².